The number of fused-ring (bicyclic) bond motifs is 1. The van der Waals surface area contributed by atoms with Crippen LogP contribution in [-0.2, 0) is 12.8 Å². The molecule has 1 N–H and O–H groups in total. The summed E-state index contributed by atoms with van der Waals surface area (Å²) in [7, 11) is 0. The highest BCUT2D eigenvalue weighted by Crippen LogP contribution is 2.31. The molecule has 0 fully saturated rings. The van der Waals surface area contributed by atoms with Gasteiger partial charge < -0.3 is 5.32 Å². The van der Waals surface area contributed by atoms with Gasteiger partial charge in [0.05, 0.1) is 11.4 Å². The molecule has 0 atom stereocenters. The molecule has 0 spiro atoms. The second-order valence-electron chi connectivity index (χ2n) is 7.76. The van der Waals surface area contributed by atoms with E-state index in [1.165, 1.54) is 16.7 Å². The van der Waals surface area contributed by atoms with Gasteiger partial charge in [0.25, 0.3) is 5.91 Å². The third kappa shape index (κ3) is 4.31. The lowest BCUT2D eigenvalue weighted by atomic mass is 10.0. The number of anilines is 1. The molecule has 0 saturated carbocycles. The zero-order chi connectivity index (χ0) is 21.0. The molecule has 1 amide bonds. The topological polar surface area (TPSA) is 41.5 Å². The zero-order valence-corrected chi connectivity index (χ0v) is 17.1. The average Bonchev–Trinajstić information content (AvgIpc) is 3.24. The minimum absolute atomic E-state index is 0.114. The van der Waals surface area contributed by atoms with Crippen LogP contribution < -0.4 is 5.32 Å². The Bertz CT molecular complexity index is 1240. The fourth-order valence-corrected chi connectivity index (χ4v) is 3.87. The van der Waals surface area contributed by atoms with E-state index in [-0.39, 0.29) is 5.91 Å². The van der Waals surface area contributed by atoms with Crippen LogP contribution >= 0.6 is 0 Å². The van der Waals surface area contributed by atoms with Gasteiger partial charge in [0, 0.05) is 17.7 Å². The second-order valence-corrected chi connectivity index (χ2v) is 7.76. The van der Waals surface area contributed by atoms with Gasteiger partial charge in [-0.25, -0.2) is 0 Å². The van der Waals surface area contributed by atoms with Crippen molar-refractivity contribution >= 4 is 23.0 Å². The molecule has 0 radical (unpaired) electrons. The maximum absolute atomic E-state index is 12.7. The number of nitrogens with zero attached hydrogens (tertiary/aromatic N) is 1. The molecule has 1 heterocycles. The van der Waals surface area contributed by atoms with E-state index >= 15 is 0 Å². The minimum atomic E-state index is -0.114. The Hall–Kier alpha value is -3.98. The SMILES string of the molecule is O=C(Nc1ccc2c(c1)N=C(c1ccccc1)C2)c1ccc(Cc2ccccc2)cc1. The maximum Gasteiger partial charge on any atom is 0.255 e. The summed E-state index contributed by atoms with van der Waals surface area (Å²) in [5.41, 5.74) is 8.15. The molecule has 3 nitrogen and oxygen atoms in total. The first-order chi connectivity index (χ1) is 15.2. The van der Waals surface area contributed by atoms with E-state index < -0.39 is 0 Å². The summed E-state index contributed by atoms with van der Waals surface area (Å²) in [5, 5.41) is 3.00. The third-order valence-electron chi connectivity index (χ3n) is 5.53. The fourth-order valence-electron chi connectivity index (χ4n) is 3.87. The third-order valence-corrected chi connectivity index (χ3v) is 5.53. The molecule has 150 valence electrons. The van der Waals surface area contributed by atoms with Gasteiger partial charge in [-0.05, 0) is 52.9 Å². The number of amides is 1. The predicted octanol–water partition coefficient (Wildman–Crippen LogP) is 6.21. The van der Waals surface area contributed by atoms with E-state index in [4.69, 9.17) is 4.99 Å². The highest BCUT2D eigenvalue weighted by Gasteiger charge is 2.17. The minimum Gasteiger partial charge on any atom is -0.322 e. The van der Waals surface area contributed by atoms with Crippen LogP contribution in [-0.4, -0.2) is 11.6 Å². The van der Waals surface area contributed by atoms with E-state index in [2.05, 4.69) is 29.6 Å². The number of nitrogens with one attached hydrogen (secondary N) is 1. The number of aliphatic imine (C=N–C) groups is 1. The highest BCUT2D eigenvalue weighted by molar-refractivity contribution is 6.08. The Labute approximate surface area is 182 Å². The van der Waals surface area contributed by atoms with E-state index in [1.807, 2.05) is 78.9 Å². The summed E-state index contributed by atoms with van der Waals surface area (Å²) in [6.45, 7) is 0. The van der Waals surface area contributed by atoms with Crippen molar-refractivity contribution in [2.24, 2.45) is 4.99 Å². The summed E-state index contributed by atoms with van der Waals surface area (Å²) in [6.07, 6.45) is 1.67. The number of benzene rings is 4. The van der Waals surface area contributed by atoms with E-state index in [0.717, 1.165) is 35.5 Å². The number of hydrogen-bond donors (Lipinski definition) is 1. The average molecular weight is 402 g/mol. The first-order valence-corrected chi connectivity index (χ1v) is 10.4. The molecule has 0 aromatic heterocycles. The number of rotatable bonds is 5. The van der Waals surface area contributed by atoms with Crippen LogP contribution in [0.2, 0.25) is 0 Å². The molecular weight excluding hydrogens is 380 g/mol. The monoisotopic (exact) mass is 402 g/mol. The Morgan fingerprint density at radius 3 is 2.19 bits per heavy atom. The van der Waals surface area contributed by atoms with Crippen LogP contribution in [0, 0.1) is 0 Å². The molecule has 0 saturated heterocycles. The van der Waals surface area contributed by atoms with E-state index in [9.17, 15) is 4.79 Å². The van der Waals surface area contributed by atoms with Crippen molar-refractivity contribution < 1.29 is 4.79 Å². The van der Waals surface area contributed by atoms with Crippen molar-refractivity contribution in [3.8, 4) is 0 Å². The van der Waals surface area contributed by atoms with Crippen molar-refractivity contribution in [1.29, 1.82) is 0 Å². The van der Waals surface area contributed by atoms with Crippen LogP contribution in [0.3, 0.4) is 0 Å². The van der Waals surface area contributed by atoms with Gasteiger partial charge in [-0.3, -0.25) is 9.79 Å². The molecule has 3 heteroatoms. The van der Waals surface area contributed by atoms with Crippen LogP contribution in [0.25, 0.3) is 0 Å². The van der Waals surface area contributed by atoms with Gasteiger partial charge >= 0.3 is 0 Å². The van der Waals surface area contributed by atoms with Crippen LogP contribution in [0.15, 0.2) is 108 Å². The summed E-state index contributed by atoms with van der Waals surface area (Å²) in [5.74, 6) is -0.114. The first-order valence-electron chi connectivity index (χ1n) is 10.4. The molecule has 31 heavy (non-hydrogen) atoms. The molecule has 1 aliphatic heterocycles. The summed E-state index contributed by atoms with van der Waals surface area (Å²) in [4.78, 5) is 17.5. The lowest BCUT2D eigenvalue weighted by Gasteiger charge is -2.08. The van der Waals surface area contributed by atoms with E-state index in [1.54, 1.807) is 0 Å². The van der Waals surface area contributed by atoms with Crippen molar-refractivity contribution in [1.82, 2.24) is 0 Å². The largest absolute Gasteiger partial charge is 0.322 e. The van der Waals surface area contributed by atoms with Crippen molar-refractivity contribution in [3.63, 3.8) is 0 Å². The fraction of sp³-hybridized carbons (Fsp3) is 0.0714. The van der Waals surface area contributed by atoms with Crippen LogP contribution in [0.4, 0.5) is 11.4 Å². The van der Waals surface area contributed by atoms with Gasteiger partial charge in [-0.15, -0.1) is 0 Å². The lowest BCUT2D eigenvalue weighted by molar-refractivity contribution is 0.102. The van der Waals surface area contributed by atoms with Gasteiger partial charge in [-0.2, -0.15) is 0 Å². The molecular formula is C28H22N2O. The molecule has 5 rings (SSSR count). The summed E-state index contributed by atoms with van der Waals surface area (Å²) >= 11 is 0. The van der Waals surface area contributed by atoms with Gasteiger partial charge in [-0.1, -0.05) is 78.9 Å². The Kier molecular flexibility index (Phi) is 5.16. The summed E-state index contributed by atoms with van der Waals surface area (Å²) < 4.78 is 0. The van der Waals surface area contributed by atoms with Gasteiger partial charge in [0.15, 0.2) is 0 Å². The zero-order valence-electron chi connectivity index (χ0n) is 17.1. The van der Waals surface area contributed by atoms with Gasteiger partial charge in [0.1, 0.15) is 0 Å². The quantitative estimate of drug-likeness (QED) is 0.424. The Balaban J connectivity index is 1.28. The molecule has 0 bridgehead atoms. The molecule has 4 aromatic carbocycles. The number of hydrogen-bond acceptors (Lipinski definition) is 2. The van der Waals surface area contributed by atoms with Crippen LogP contribution in [0.1, 0.15) is 32.6 Å². The first kappa shape index (κ1) is 19.0. The molecule has 4 aromatic rings. The second kappa shape index (κ2) is 8.41. The standard InChI is InChI=1S/C28H22N2O/c31-28(23-13-11-21(12-14-23)17-20-7-3-1-4-8-20)29-25-16-15-24-18-26(30-27(24)19-25)22-9-5-2-6-10-22/h1-16,19H,17-18H2,(H,29,31). The van der Waals surface area contributed by atoms with Crippen molar-refractivity contribution in [2.75, 3.05) is 5.32 Å². The molecule has 0 aliphatic carbocycles. The lowest BCUT2D eigenvalue weighted by Crippen LogP contribution is -2.11. The number of carbonyl (C=O) groups excluding carboxylic acids is 1. The van der Waals surface area contributed by atoms with Crippen molar-refractivity contribution in [2.45, 2.75) is 12.8 Å². The molecule has 1 aliphatic rings. The maximum atomic E-state index is 12.7. The Morgan fingerprint density at radius 1 is 0.774 bits per heavy atom. The smallest absolute Gasteiger partial charge is 0.255 e. The van der Waals surface area contributed by atoms with Gasteiger partial charge in [0.2, 0.25) is 0 Å². The normalized spacial score (nSPS) is 12.2. The molecule has 0 unspecified atom stereocenters. The predicted molar refractivity (Wildman–Crippen MR) is 126 cm³/mol. The Morgan fingerprint density at radius 2 is 1.45 bits per heavy atom. The van der Waals surface area contributed by atoms with Crippen molar-refractivity contribution in [3.05, 3.63) is 131 Å². The summed E-state index contributed by atoms with van der Waals surface area (Å²) in [6, 6.07) is 34.3. The highest BCUT2D eigenvalue weighted by atomic mass is 16.1. The van der Waals surface area contributed by atoms with Crippen LogP contribution in [0.5, 0.6) is 0 Å². The number of carbonyl (C=O) groups is 1. The van der Waals surface area contributed by atoms with E-state index in [0.29, 0.717) is 5.56 Å².